The minimum atomic E-state index is -0.0889. The first-order chi connectivity index (χ1) is 9.54. The van der Waals surface area contributed by atoms with E-state index in [0.29, 0.717) is 23.4 Å². The summed E-state index contributed by atoms with van der Waals surface area (Å²) in [5.74, 6) is -0.0889. The molecule has 0 radical (unpaired) electrons. The average molecular weight is 317 g/mol. The number of anilines is 1. The summed E-state index contributed by atoms with van der Waals surface area (Å²) in [5, 5.41) is 6.95. The number of methoxy groups -OCH3 is 1. The lowest BCUT2D eigenvalue weighted by Gasteiger charge is -2.14. The SMILES string of the molecule is COCCNCC(=O)Nc1cccc(Cl)c1SC(C)C. The lowest BCUT2D eigenvalue weighted by molar-refractivity contribution is -0.115. The Kier molecular flexibility index (Phi) is 7.99. The van der Waals surface area contributed by atoms with Gasteiger partial charge in [0.2, 0.25) is 5.91 Å². The number of ether oxygens (including phenoxy) is 1. The van der Waals surface area contributed by atoms with Crippen LogP contribution in [-0.2, 0) is 9.53 Å². The molecule has 0 saturated carbocycles. The number of carbonyl (C=O) groups is 1. The van der Waals surface area contributed by atoms with Crippen LogP contribution in [0.15, 0.2) is 23.1 Å². The van der Waals surface area contributed by atoms with E-state index in [-0.39, 0.29) is 12.5 Å². The van der Waals surface area contributed by atoms with Crippen molar-refractivity contribution >= 4 is 35.0 Å². The lowest BCUT2D eigenvalue weighted by atomic mass is 10.3. The van der Waals surface area contributed by atoms with Crippen molar-refractivity contribution in [1.82, 2.24) is 5.32 Å². The molecule has 0 aliphatic heterocycles. The van der Waals surface area contributed by atoms with Gasteiger partial charge in [0, 0.05) is 23.8 Å². The molecule has 20 heavy (non-hydrogen) atoms. The summed E-state index contributed by atoms with van der Waals surface area (Å²) < 4.78 is 4.91. The normalized spacial score (nSPS) is 10.8. The van der Waals surface area contributed by atoms with E-state index in [0.717, 1.165) is 10.6 Å². The van der Waals surface area contributed by atoms with Crippen LogP contribution in [0.1, 0.15) is 13.8 Å². The van der Waals surface area contributed by atoms with E-state index < -0.39 is 0 Å². The summed E-state index contributed by atoms with van der Waals surface area (Å²) in [6.07, 6.45) is 0. The van der Waals surface area contributed by atoms with Crippen LogP contribution in [0.2, 0.25) is 5.02 Å². The smallest absolute Gasteiger partial charge is 0.238 e. The summed E-state index contributed by atoms with van der Waals surface area (Å²) >= 11 is 7.84. The highest BCUT2D eigenvalue weighted by Gasteiger charge is 2.11. The van der Waals surface area contributed by atoms with Gasteiger partial charge >= 0.3 is 0 Å². The third-order valence-corrected chi connectivity index (χ3v) is 3.94. The number of amides is 1. The summed E-state index contributed by atoms with van der Waals surface area (Å²) in [7, 11) is 1.63. The maximum absolute atomic E-state index is 11.9. The predicted molar refractivity (Wildman–Crippen MR) is 85.8 cm³/mol. The maximum Gasteiger partial charge on any atom is 0.238 e. The van der Waals surface area contributed by atoms with Crippen molar-refractivity contribution in [3.8, 4) is 0 Å². The van der Waals surface area contributed by atoms with Gasteiger partial charge < -0.3 is 15.4 Å². The molecule has 0 atom stereocenters. The van der Waals surface area contributed by atoms with Gasteiger partial charge in [-0.25, -0.2) is 0 Å². The highest BCUT2D eigenvalue weighted by atomic mass is 35.5. The van der Waals surface area contributed by atoms with Gasteiger partial charge in [0.05, 0.1) is 23.9 Å². The second-order valence-electron chi connectivity index (χ2n) is 4.50. The minimum absolute atomic E-state index is 0.0889. The first kappa shape index (κ1) is 17.3. The van der Waals surface area contributed by atoms with Crippen LogP contribution < -0.4 is 10.6 Å². The minimum Gasteiger partial charge on any atom is -0.383 e. The topological polar surface area (TPSA) is 50.4 Å². The second kappa shape index (κ2) is 9.23. The van der Waals surface area contributed by atoms with Crippen LogP contribution in [0.25, 0.3) is 0 Å². The van der Waals surface area contributed by atoms with Crippen molar-refractivity contribution in [3.05, 3.63) is 23.2 Å². The number of hydrogen-bond donors (Lipinski definition) is 2. The zero-order valence-corrected chi connectivity index (χ0v) is 13.6. The van der Waals surface area contributed by atoms with E-state index >= 15 is 0 Å². The van der Waals surface area contributed by atoms with Crippen LogP contribution in [0.5, 0.6) is 0 Å². The van der Waals surface area contributed by atoms with E-state index in [2.05, 4.69) is 24.5 Å². The summed E-state index contributed by atoms with van der Waals surface area (Å²) in [6.45, 7) is 5.66. The number of hydrogen-bond acceptors (Lipinski definition) is 4. The fraction of sp³-hybridized carbons (Fsp3) is 0.500. The zero-order valence-electron chi connectivity index (χ0n) is 12.0. The summed E-state index contributed by atoms with van der Waals surface area (Å²) in [5.41, 5.74) is 0.759. The van der Waals surface area contributed by atoms with Crippen molar-refractivity contribution in [2.45, 2.75) is 24.0 Å². The molecule has 1 aromatic rings. The van der Waals surface area contributed by atoms with Gasteiger partial charge in [-0.2, -0.15) is 0 Å². The van der Waals surface area contributed by atoms with Gasteiger partial charge in [0.15, 0.2) is 0 Å². The number of benzene rings is 1. The van der Waals surface area contributed by atoms with Crippen molar-refractivity contribution in [2.75, 3.05) is 32.1 Å². The Balaban J connectivity index is 2.62. The van der Waals surface area contributed by atoms with Crippen LogP contribution in [0, 0.1) is 0 Å². The lowest BCUT2D eigenvalue weighted by Crippen LogP contribution is -2.30. The molecule has 0 unspecified atom stereocenters. The number of rotatable bonds is 8. The molecule has 0 aliphatic carbocycles. The molecule has 112 valence electrons. The van der Waals surface area contributed by atoms with E-state index in [1.807, 2.05) is 18.2 Å². The van der Waals surface area contributed by atoms with Crippen molar-refractivity contribution in [1.29, 1.82) is 0 Å². The van der Waals surface area contributed by atoms with Gasteiger partial charge in [-0.1, -0.05) is 31.5 Å². The average Bonchev–Trinajstić information content (AvgIpc) is 2.38. The fourth-order valence-corrected chi connectivity index (χ4v) is 2.74. The van der Waals surface area contributed by atoms with E-state index in [1.165, 1.54) is 0 Å². The Labute approximate surface area is 129 Å². The standard InChI is InChI=1S/C14H21ClN2O2S/c1-10(2)20-14-11(15)5-4-6-12(14)17-13(18)9-16-7-8-19-3/h4-6,10,16H,7-9H2,1-3H3,(H,17,18). The Morgan fingerprint density at radius 3 is 2.85 bits per heavy atom. The first-order valence-corrected chi connectivity index (χ1v) is 7.75. The molecular formula is C14H21ClN2O2S. The second-order valence-corrected chi connectivity index (χ2v) is 6.49. The molecule has 6 heteroatoms. The van der Waals surface area contributed by atoms with Crippen LogP contribution in [-0.4, -0.2) is 38.0 Å². The molecule has 0 aromatic heterocycles. The van der Waals surface area contributed by atoms with E-state index in [1.54, 1.807) is 18.9 Å². The molecule has 0 fully saturated rings. The molecule has 0 spiro atoms. The summed E-state index contributed by atoms with van der Waals surface area (Å²) in [6, 6.07) is 5.53. The van der Waals surface area contributed by atoms with Gasteiger partial charge in [-0.05, 0) is 12.1 Å². The Hall–Kier alpha value is -0.750. The van der Waals surface area contributed by atoms with Gasteiger partial charge in [-0.15, -0.1) is 11.8 Å². The van der Waals surface area contributed by atoms with Crippen LogP contribution in [0.4, 0.5) is 5.69 Å². The zero-order chi connectivity index (χ0) is 15.0. The van der Waals surface area contributed by atoms with Gasteiger partial charge in [0.1, 0.15) is 0 Å². The van der Waals surface area contributed by atoms with Crippen molar-refractivity contribution in [3.63, 3.8) is 0 Å². The highest BCUT2D eigenvalue weighted by molar-refractivity contribution is 8.00. The first-order valence-electron chi connectivity index (χ1n) is 6.49. The number of carbonyl (C=O) groups excluding carboxylic acids is 1. The quantitative estimate of drug-likeness (QED) is 0.572. The molecule has 1 rings (SSSR count). The third-order valence-electron chi connectivity index (χ3n) is 2.36. The van der Waals surface area contributed by atoms with E-state index in [4.69, 9.17) is 16.3 Å². The number of halogens is 1. The molecule has 1 aromatic carbocycles. The van der Waals surface area contributed by atoms with Gasteiger partial charge in [-0.3, -0.25) is 4.79 Å². The maximum atomic E-state index is 11.9. The summed E-state index contributed by atoms with van der Waals surface area (Å²) in [4.78, 5) is 12.8. The largest absolute Gasteiger partial charge is 0.383 e. The van der Waals surface area contributed by atoms with Crippen LogP contribution in [0.3, 0.4) is 0 Å². The molecule has 0 heterocycles. The molecule has 0 bridgehead atoms. The molecule has 0 aliphatic rings. The van der Waals surface area contributed by atoms with Crippen LogP contribution >= 0.6 is 23.4 Å². The number of nitrogens with one attached hydrogen (secondary N) is 2. The highest BCUT2D eigenvalue weighted by Crippen LogP contribution is 2.36. The molecular weight excluding hydrogens is 296 g/mol. The Morgan fingerprint density at radius 1 is 1.45 bits per heavy atom. The fourth-order valence-electron chi connectivity index (χ4n) is 1.53. The monoisotopic (exact) mass is 316 g/mol. The van der Waals surface area contributed by atoms with Gasteiger partial charge in [0.25, 0.3) is 0 Å². The molecule has 0 saturated heterocycles. The molecule has 1 amide bonds. The molecule has 4 nitrogen and oxygen atoms in total. The molecule has 2 N–H and O–H groups in total. The third kappa shape index (κ3) is 6.13. The number of thioether (sulfide) groups is 1. The van der Waals surface area contributed by atoms with Crippen molar-refractivity contribution in [2.24, 2.45) is 0 Å². The van der Waals surface area contributed by atoms with Crippen molar-refractivity contribution < 1.29 is 9.53 Å². The Bertz CT molecular complexity index is 441. The Morgan fingerprint density at radius 2 is 2.20 bits per heavy atom. The van der Waals surface area contributed by atoms with E-state index in [9.17, 15) is 4.79 Å². The predicted octanol–water partition coefficient (Wildman–Crippen LogP) is 3.02.